The molecule has 0 bridgehead atoms. The van der Waals surface area contributed by atoms with E-state index in [1.165, 1.54) is 48.5 Å². The molecule has 0 saturated carbocycles. The maximum absolute atomic E-state index is 14.3. The van der Waals surface area contributed by atoms with Crippen LogP contribution in [0.25, 0.3) is 16.6 Å². The fraction of sp³-hybridized carbons (Fsp3) is 0.343. The number of halogens is 4. The van der Waals surface area contributed by atoms with Gasteiger partial charge in [0.1, 0.15) is 22.9 Å². The molecular weight excluding hydrogens is 743 g/mol. The Kier molecular flexibility index (Phi) is 10.2. The largest absolute Gasteiger partial charge is 0.492 e. The second-order valence-electron chi connectivity index (χ2n) is 13.7. The van der Waals surface area contributed by atoms with E-state index < -0.39 is 61.7 Å². The predicted octanol–water partition coefficient (Wildman–Crippen LogP) is 7.08. The number of hydrogen-bond donors (Lipinski definition) is 3. The van der Waals surface area contributed by atoms with E-state index in [0.717, 1.165) is 8.61 Å². The number of fused-ring (bicyclic) bond motifs is 1. The van der Waals surface area contributed by atoms with E-state index in [9.17, 15) is 44.7 Å². The Morgan fingerprint density at radius 1 is 1.06 bits per heavy atom. The van der Waals surface area contributed by atoms with Gasteiger partial charge in [0.2, 0.25) is 5.91 Å². The number of nitrogens with zero attached hydrogens (tertiary/aromatic N) is 4. The molecule has 0 aliphatic carbocycles. The van der Waals surface area contributed by atoms with Crippen LogP contribution in [0.15, 0.2) is 78.9 Å². The third-order valence-corrected chi connectivity index (χ3v) is 13.2. The molecule has 3 heterocycles. The van der Waals surface area contributed by atoms with Gasteiger partial charge in [0.25, 0.3) is 0 Å². The van der Waals surface area contributed by atoms with Gasteiger partial charge in [-0.25, -0.2) is 18.5 Å². The summed E-state index contributed by atoms with van der Waals surface area (Å²) in [6.45, 7) is 4.54. The van der Waals surface area contributed by atoms with Crippen LogP contribution >= 0.6 is 10.8 Å². The molecule has 2 aliphatic heterocycles. The summed E-state index contributed by atoms with van der Waals surface area (Å²) in [5.74, 6) is -3.79. The predicted molar refractivity (Wildman–Crippen MR) is 189 cm³/mol. The van der Waals surface area contributed by atoms with Gasteiger partial charge in [0.15, 0.2) is 0 Å². The molecule has 2 unspecified atom stereocenters. The highest BCUT2D eigenvalue weighted by Crippen LogP contribution is 2.65. The van der Waals surface area contributed by atoms with Crippen LogP contribution in [0.3, 0.4) is 0 Å². The van der Waals surface area contributed by atoms with Crippen LogP contribution in [0.1, 0.15) is 67.4 Å². The summed E-state index contributed by atoms with van der Waals surface area (Å²) in [4.78, 5) is 37.4. The van der Waals surface area contributed by atoms with Gasteiger partial charge in [-0.1, -0.05) is 54.6 Å². The number of para-hydroxylation sites is 2. The zero-order valence-electron chi connectivity index (χ0n) is 28.7. The first-order valence-corrected chi connectivity index (χ1v) is 19.4. The zero-order chi connectivity index (χ0) is 38.5. The van der Waals surface area contributed by atoms with Crippen LogP contribution in [-0.2, 0) is 31.1 Å². The lowest BCUT2D eigenvalue weighted by Gasteiger charge is -2.47. The summed E-state index contributed by atoms with van der Waals surface area (Å²) in [6.07, 6.45) is -4.42. The minimum absolute atomic E-state index is 0.0264. The van der Waals surface area contributed by atoms with E-state index >= 15 is 0 Å². The quantitative estimate of drug-likeness (QED) is 0.120. The van der Waals surface area contributed by atoms with E-state index in [0.29, 0.717) is 33.3 Å². The first kappa shape index (κ1) is 38.4. The number of rotatable bonds is 9. The highest BCUT2D eigenvalue weighted by atomic mass is 32.3. The number of alkyl halides is 3. The Labute approximate surface area is 304 Å². The van der Waals surface area contributed by atoms with Gasteiger partial charge in [-0.15, -0.1) is 10.8 Å². The van der Waals surface area contributed by atoms with Crippen molar-refractivity contribution >= 4 is 49.5 Å². The van der Waals surface area contributed by atoms with Crippen molar-refractivity contribution in [2.45, 2.75) is 63.0 Å². The van der Waals surface area contributed by atoms with Gasteiger partial charge in [-0.05, 0) is 84.6 Å². The first-order valence-electron chi connectivity index (χ1n) is 16.4. The molecule has 1 amide bonds. The first-order chi connectivity index (χ1) is 24.8. The molecule has 1 aromatic heterocycles. The lowest BCUT2D eigenvalue weighted by Crippen LogP contribution is -2.49. The molecule has 53 heavy (non-hydrogen) atoms. The number of benzene rings is 3. The normalized spacial score (nSPS) is 19.7. The summed E-state index contributed by atoms with van der Waals surface area (Å²) in [5, 5.41) is -0.967. The second-order valence-corrected chi connectivity index (χ2v) is 17.5. The number of aromatic nitrogens is 2. The van der Waals surface area contributed by atoms with Gasteiger partial charge in [-0.2, -0.15) is 25.9 Å². The van der Waals surface area contributed by atoms with E-state index in [1.54, 1.807) is 51.1 Å². The lowest BCUT2D eigenvalue weighted by molar-refractivity contribution is -0.228. The number of nitrogens with one attached hydrogen (secondary N) is 1. The zero-order valence-corrected chi connectivity index (χ0v) is 30.4. The summed E-state index contributed by atoms with van der Waals surface area (Å²) in [5.41, 5.74) is 2.02. The SMILES string of the molecule is CC(C)(C)N1C(=O)CC(c2ccc(CC(c3nc4ccccc4[nH]3)N(OC(=O)C(F)(F)F)S(=O)(=O)N3CC=C(c4ccc(F)cc4)CC3)cc2)S1(O)O. The molecule has 12 nitrogen and oxygen atoms in total. The van der Waals surface area contributed by atoms with Crippen molar-refractivity contribution in [2.75, 3.05) is 13.1 Å². The van der Waals surface area contributed by atoms with Crippen LogP contribution in [-0.4, -0.2) is 77.3 Å². The van der Waals surface area contributed by atoms with Crippen LogP contribution in [0.2, 0.25) is 0 Å². The molecule has 1 fully saturated rings. The molecule has 6 rings (SSSR count). The molecule has 3 N–H and O–H groups in total. The molecule has 284 valence electrons. The topological polar surface area (TPSA) is 156 Å². The molecule has 2 aliphatic rings. The smallest absolute Gasteiger partial charge is 0.343 e. The third-order valence-electron chi connectivity index (χ3n) is 8.95. The van der Waals surface area contributed by atoms with Crippen molar-refractivity contribution in [1.29, 1.82) is 0 Å². The highest BCUT2D eigenvalue weighted by Gasteiger charge is 2.51. The van der Waals surface area contributed by atoms with Gasteiger partial charge >= 0.3 is 22.4 Å². The average molecular weight is 780 g/mol. The van der Waals surface area contributed by atoms with Crippen LogP contribution in [0, 0.1) is 5.82 Å². The van der Waals surface area contributed by atoms with Crippen molar-refractivity contribution in [3.63, 3.8) is 0 Å². The molecule has 0 radical (unpaired) electrons. The van der Waals surface area contributed by atoms with Crippen molar-refractivity contribution in [3.05, 3.63) is 107 Å². The van der Waals surface area contributed by atoms with Crippen LogP contribution < -0.4 is 0 Å². The molecule has 3 aromatic carbocycles. The van der Waals surface area contributed by atoms with Gasteiger partial charge in [0.05, 0.1) is 23.0 Å². The standard InChI is InChI=1S/C35H37F4N5O7S2/c1-34(2,3)43-31(45)21-30(52(43,47)48)25-10-8-22(9-11-25)20-29(32-40-27-6-4-5-7-28(27)41-32)44(51-33(46)35(37,38)39)53(49,50)42-18-16-24(17-19-42)23-12-14-26(36)15-13-23/h4-16,29-30,47-48H,17-21H2,1-3H3,(H,40,41). The van der Waals surface area contributed by atoms with E-state index in [1.807, 2.05) is 0 Å². The number of aromatic amines is 1. The Bertz CT molecular complexity index is 2120. The second kappa shape index (κ2) is 14.1. The molecule has 1 saturated heterocycles. The molecule has 18 heteroatoms. The van der Waals surface area contributed by atoms with Crippen LogP contribution in [0.4, 0.5) is 17.6 Å². The number of hydroxylamine groups is 1. The highest BCUT2D eigenvalue weighted by molar-refractivity contribution is 8.23. The Hall–Kier alpha value is -4.33. The number of carbonyl (C=O) groups excluding carboxylic acids is 2. The van der Waals surface area contributed by atoms with Crippen molar-refractivity contribution in [1.82, 2.24) is 23.0 Å². The monoisotopic (exact) mass is 779 g/mol. The van der Waals surface area contributed by atoms with E-state index in [4.69, 9.17) is 4.84 Å². The van der Waals surface area contributed by atoms with E-state index in [-0.39, 0.29) is 42.6 Å². The summed E-state index contributed by atoms with van der Waals surface area (Å²) < 4.78 is 107. The Morgan fingerprint density at radius 2 is 1.72 bits per heavy atom. The average Bonchev–Trinajstić information content (AvgIpc) is 3.63. The number of carbonyl (C=O) groups is 2. The molecule has 2 atom stereocenters. The van der Waals surface area contributed by atoms with Crippen LogP contribution in [0.5, 0.6) is 0 Å². The van der Waals surface area contributed by atoms with Crippen molar-refractivity contribution < 1.29 is 49.5 Å². The molecular formula is C35H37F4N5O7S2. The van der Waals surface area contributed by atoms with Gasteiger partial charge in [-0.3, -0.25) is 13.9 Å². The fourth-order valence-corrected chi connectivity index (χ4v) is 10.3. The maximum Gasteiger partial charge on any atom is 0.492 e. The summed E-state index contributed by atoms with van der Waals surface area (Å²) in [6, 6.07) is 16.6. The third kappa shape index (κ3) is 7.83. The van der Waals surface area contributed by atoms with Crippen molar-refractivity contribution in [3.8, 4) is 0 Å². The molecule has 0 spiro atoms. The Balaban J connectivity index is 1.37. The lowest BCUT2D eigenvalue weighted by atomic mass is 10.0. The van der Waals surface area contributed by atoms with E-state index in [2.05, 4.69) is 9.97 Å². The van der Waals surface area contributed by atoms with Gasteiger partial charge < -0.3 is 9.82 Å². The van der Waals surface area contributed by atoms with Gasteiger partial charge in [0, 0.05) is 13.1 Å². The molecule has 4 aromatic rings. The summed E-state index contributed by atoms with van der Waals surface area (Å²) >= 11 is 0. The number of H-pyrrole nitrogens is 1. The Morgan fingerprint density at radius 3 is 2.28 bits per heavy atom. The van der Waals surface area contributed by atoms with Crippen molar-refractivity contribution in [2.24, 2.45) is 0 Å². The maximum atomic E-state index is 14.3. The summed E-state index contributed by atoms with van der Waals surface area (Å²) in [7, 11) is -8.59. The number of imidazole rings is 1. The minimum atomic E-state index is -5.56. The number of amides is 1. The fourth-order valence-electron chi connectivity index (χ4n) is 6.51. The number of hydrogen-bond acceptors (Lipinski definition) is 8. The minimum Gasteiger partial charge on any atom is -0.343 e.